The van der Waals surface area contributed by atoms with Crippen LogP contribution in [0.4, 0.5) is 16.2 Å². The van der Waals surface area contributed by atoms with E-state index >= 15 is 0 Å². The molecule has 0 saturated carbocycles. The van der Waals surface area contributed by atoms with Gasteiger partial charge in [-0.1, -0.05) is 42.0 Å². The maximum Gasteiger partial charge on any atom is 0.323 e. The molecule has 0 radical (unpaired) electrons. The smallest absolute Gasteiger partial charge is 0.323 e. The second kappa shape index (κ2) is 11.2. The van der Waals surface area contributed by atoms with Crippen LogP contribution in [0.1, 0.15) is 11.1 Å². The summed E-state index contributed by atoms with van der Waals surface area (Å²) in [6.07, 6.45) is 3.80. The lowest BCUT2D eigenvalue weighted by Gasteiger charge is -2.13. The molecule has 172 valence electrons. The molecule has 0 aromatic heterocycles. The first-order chi connectivity index (χ1) is 16.0. The summed E-state index contributed by atoms with van der Waals surface area (Å²) in [6.45, 7) is 0. The Balaban J connectivity index is 1.83. The molecule has 0 spiro atoms. The number of halogens is 1. The zero-order valence-electron chi connectivity index (χ0n) is 18.8. The van der Waals surface area contributed by atoms with E-state index < -0.39 is 6.03 Å². The summed E-state index contributed by atoms with van der Waals surface area (Å²) in [5.74, 6) is 2.17. The monoisotopic (exact) mass is 468 g/mol. The van der Waals surface area contributed by atoms with Crippen LogP contribution < -0.4 is 29.6 Å². The summed E-state index contributed by atoms with van der Waals surface area (Å²) >= 11 is 6.11. The largest absolute Gasteiger partial charge is 0.495 e. The maximum absolute atomic E-state index is 12.5. The van der Waals surface area contributed by atoms with Gasteiger partial charge < -0.3 is 29.6 Å². The predicted molar refractivity (Wildman–Crippen MR) is 132 cm³/mol. The van der Waals surface area contributed by atoms with Crippen LogP contribution in [0, 0.1) is 0 Å². The number of benzene rings is 3. The van der Waals surface area contributed by atoms with Crippen LogP contribution in [0.15, 0.2) is 54.6 Å². The van der Waals surface area contributed by atoms with Gasteiger partial charge in [-0.2, -0.15) is 0 Å². The van der Waals surface area contributed by atoms with E-state index in [2.05, 4.69) is 10.6 Å². The van der Waals surface area contributed by atoms with Crippen molar-refractivity contribution in [2.45, 2.75) is 0 Å². The average molecular weight is 469 g/mol. The molecule has 0 atom stereocenters. The topological polar surface area (TPSA) is 78.1 Å². The zero-order valence-corrected chi connectivity index (χ0v) is 19.5. The summed E-state index contributed by atoms with van der Waals surface area (Å²) < 4.78 is 21.6. The number of rotatable bonds is 8. The van der Waals surface area contributed by atoms with Gasteiger partial charge in [-0.3, -0.25) is 0 Å². The van der Waals surface area contributed by atoms with Gasteiger partial charge in [0.05, 0.1) is 44.8 Å². The van der Waals surface area contributed by atoms with E-state index in [1.54, 1.807) is 57.7 Å². The summed E-state index contributed by atoms with van der Waals surface area (Å²) in [5.41, 5.74) is 2.71. The minimum Gasteiger partial charge on any atom is -0.495 e. The van der Waals surface area contributed by atoms with Gasteiger partial charge in [0.25, 0.3) is 0 Å². The SMILES string of the molecule is COc1ccc(/C=C\c2cc(OC)c(OC)c(OC)c2)cc1NC(=O)Nc1ccccc1Cl. The third-order valence-electron chi connectivity index (χ3n) is 4.75. The Morgan fingerprint density at radius 3 is 1.94 bits per heavy atom. The standard InChI is InChI=1S/C25H25ClN2O5/c1-30-21-12-11-16(9-10-17-14-22(31-2)24(33-4)23(15-17)32-3)13-20(21)28-25(29)27-19-8-6-5-7-18(19)26/h5-15H,1-4H3,(H2,27,28,29)/b10-9-. The van der Waals surface area contributed by atoms with Crippen molar-refractivity contribution in [3.63, 3.8) is 0 Å². The van der Waals surface area contributed by atoms with Crippen LogP contribution in [-0.4, -0.2) is 34.5 Å². The molecule has 7 nitrogen and oxygen atoms in total. The molecule has 3 rings (SSSR count). The van der Waals surface area contributed by atoms with Crippen molar-refractivity contribution in [3.8, 4) is 23.0 Å². The lowest BCUT2D eigenvalue weighted by molar-refractivity contribution is 0.262. The highest BCUT2D eigenvalue weighted by Crippen LogP contribution is 2.38. The average Bonchev–Trinajstić information content (AvgIpc) is 2.83. The second-order valence-electron chi connectivity index (χ2n) is 6.81. The Hall–Kier alpha value is -3.84. The number of urea groups is 1. The molecule has 2 N–H and O–H groups in total. The highest BCUT2D eigenvalue weighted by atomic mass is 35.5. The highest BCUT2D eigenvalue weighted by Gasteiger charge is 2.13. The van der Waals surface area contributed by atoms with Crippen LogP contribution in [0.5, 0.6) is 23.0 Å². The number of anilines is 2. The predicted octanol–water partition coefficient (Wildman–Crippen LogP) is 6.19. The Morgan fingerprint density at radius 1 is 0.727 bits per heavy atom. The molecule has 3 aromatic carbocycles. The van der Waals surface area contributed by atoms with Gasteiger partial charge in [0.1, 0.15) is 5.75 Å². The number of hydrogen-bond donors (Lipinski definition) is 2. The summed E-state index contributed by atoms with van der Waals surface area (Å²) in [7, 11) is 6.24. The summed E-state index contributed by atoms with van der Waals surface area (Å²) in [5, 5.41) is 5.98. The van der Waals surface area contributed by atoms with Crippen molar-refractivity contribution in [2.75, 3.05) is 39.1 Å². The normalized spacial score (nSPS) is 10.6. The van der Waals surface area contributed by atoms with E-state index in [1.807, 2.05) is 30.4 Å². The molecule has 8 heteroatoms. The van der Waals surface area contributed by atoms with Gasteiger partial charge in [0.2, 0.25) is 5.75 Å². The fourth-order valence-corrected chi connectivity index (χ4v) is 3.34. The van der Waals surface area contributed by atoms with Crippen molar-refractivity contribution in [1.82, 2.24) is 0 Å². The van der Waals surface area contributed by atoms with E-state index in [0.717, 1.165) is 11.1 Å². The minimum absolute atomic E-state index is 0.438. The molecule has 3 aromatic rings. The fraction of sp³-hybridized carbons (Fsp3) is 0.160. The third-order valence-corrected chi connectivity index (χ3v) is 5.08. The van der Waals surface area contributed by atoms with E-state index in [1.165, 1.54) is 7.11 Å². The quantitative estimate of drug-likeness (QED) is 0.385. The molecular formula is C25H25ClN2O5. The molecule has 0 aliphatic rings. The number of nitrogens with one attached hydrogen (secondary N) is 2. The van der Waals surface area contributed by atoms with Crippen molar-refractivity contribution < 1.29 is 23.7 Å². The summed E-state index contributed by atoms with van der Waals surface area (Å²) in [6, 6.07) is 15.7. The zero-order chi connectivity index (χ0) is 23.8. The Labute approximate surface area is 197 Å². The van der Waals surface area contributed by atoms with Gasteiger partial charge in [-0.15, -0.1) is 0 Å². The molecule has 0 heterocycles. The lowest BCUT2D eigenvalue weighted by Crippen LogP contribution is -2.20. The molecular weight excluding hydrogens is 444 g/mol. The van der Waals surface area contributed by atoms with Gasteiger partial charge in [0.15, 0.2) is 11.5 Å². The molecule has 0 aliphatic heterocycles. The molecule has 2 amide bonds. The molecule has 0 bridgehead atoms. The molecule has 0 saturated heterocycles. The maximum atomic E-state index is 12.5. The Bertz CT molecular complexity index is 1140. The van der Waals surface area contributed by atoms with E-state index in [9.17, 15) is 4.79 Å². The number of carbonyl (C=O) groups is 1. The van der Waals surface area contributed by atoms with E-state index in [4.69, 9.17) is 30.5 Å². The number of hydrogen-bond acceptors (Lipinski definition) is 5. The van der Waals surface area contributed by atoms with Gasteiger partial charge in [-0.25, -0.2) is 4.79 Å². The van der Waals surface area contributed by atoms with Gasteiger partial charge >= 0.3 is 6.03 Å². The first kappa shape index (κ1) is 23.8. The number of methoxy groups -OCH3 is 4. The van der Waals surface area contributed by atoms with Crippen LogP contribution in [0.2, 0.25) is 5.02 Å². The number of amides is 2. The van der Waals surface area contributed by atoms with Gasteiger partial charge in [0, 0.05) is 0 Å². The van der Waals surface area contributed by atoms with Crippen molar-refractivity contribution >= 4 is 41.2 Å². The first-order valence-corrected chi connectivity index (χ1v) is 10.4. The second-order valence-corrected chi connectivity index (χ2v) is 7.22. The van der Waals surface area contributed by atoms with Crippen molar-refractivity contribution in [1.29, 1.82) is 0 Å². The first-order valence-electron chi connectivity index (χ1n) is 9.97. The minimum atomic E-state index is -0.438. The van der Waals surface area contributed by atoms with Crippen molar-refractivity contribution in [3.05, 3.63) is 70.7 Å². The third kappa shape index (κ3) is 5.90. The van der Waals surface area contributed by atoms with Crippen LogP contribution in [0.25, 0.3) is 12.2 Å². The highest BCUT2D eigenvalue weighted by molar-refractivity contribution is 6.33. The molecule has 33 heavy (non-hydrogen) atoms. The van der Waals surface area contributed by atoms with Gasteiger partial charge in [-0.05, 0) is 47.5 Å². The molecule has 0 fully saturated rings. The number of para-hydroxylation sites is 1. The Kier molecular flexibility index (Phi) is 8.05. The molecule has 0 unspecified atom stereocenters. The lowest BCUT2D eigenvalue weighted by atomic mass is 10.1. The Morgan fingerprint density at radius 2 is 1.33 bits per heavy atom. The van der Waals surface area contributed by atoms with Crippen LogP contribution in [0.3, 0.4) is 0 Å². The van der Waals surface area contributed by atoms with Crippen molar-refractivity contribution in [2.24, 2.45) is 0 Å². The van der Waals surface area contributed by atoms with E-state index in [0.29, 0.717) is 39.4 Å². The van der Waals surface area contributed by atoms with Crippen LogP contribution >= 0.6 is 11.6 Å². The number of ether oxygens (including phenoxy) is 4. The van der Waals surface area contributed by atoms with E-state index in [-0.39, 0.29) is 0 Å². The van der Waals surface area contributed by atoms with Crippen LogP contribution in [-0.2, 0) is 0 Å². The number of carbonyl (C=O) groups excluding carboxylic acids is 1. The summed E-state index contributed by atoms with van der Waals surface area (Å²) in [4.78, 5) is 12.5. The molecule has 0 aliphatic carbocycles. The fourth-order valence-electron chi connectivity index (χ4n) is 3.16.